The Kier molecular flexibility index (Phi) is 2.11. The lowest BCUT2D eigenvalue weighted by Gasteiger charge is -2.14. The van der Waals surface area contributed by atoms with Crippen molar-refractivity contribution >= 4 is 11.0 Å². The average Bonchev–Trinajstić information content (AvgIpc) is 3.10. The topological polar surface area (TPSA) is 50.7 Å². The Bertz CT molecular complexity index is 519. The molecule has 0 atom stereocenters. The molecule has 2 aromatic rings. The third-order valence-corrected chi connectivity index (χ3v) is 3.05. The second kappa shape index (κ2) is 3.49. The first kappa shape index (κ1) is 9.66. The van der Waals surface area contributed by atoms with Crippen molar-refractivity contribution in [3.05, 3.63) is 30.4 Å². The lowest BCUT2D eigenvalue weighted by molar-refractivity contribution is 0.510. The Morgan fingerprint density at radius 2 is 2.25 bits per heavy atom. The van der Waals surface area contributed by atoms with E-state index in [0.29, 0.717) is 0 Å². The van der Waals surface area contributed by atoms with E-state index < -0.39 is 0 Å². The maximum Gasteiger partial charge on any atom is 0.162 e. The van der Waals surface area contributed by atoms with Gasteiger partial charge in [0.2, 0.25) is 0 Å². The van der Waals surface area contributed by atoms with E-state index in [2.05, 4.69) is 27.2 Å². The van der Waals surface area contributed by atoms with Gasteiger partial charge in [0.25, 0.3) is 0 Å². The van der Waals surface area contributed by atoms with Crippen LogP contribution in [-0.2, 0) is 5.54 Å². The van der Waals surface area contributed by atoms with Crippen LogP contribution in [0.5, 0.6) is 0 Å². The minimum absolute atomic E-state index is 0.0282. The van der Waals surface area contributed by atoms with Crippen LogP contribution in [-0.4, -0.2) is 21.5 Å². The molecule has 0 unspecified atom stereocenters. The second-order valence-corrected chi connectivity index (χ2v) is 4.22. The molecule has 0 bridgehead atoms. The number of pyridine rings is 1. The van der Waals surface area contributed by atoms with Crippen LogP contribution in [0, 0.1) is 0 Å². The minimum Gasteiger partial charge on any atom is -0.305 e. The predicted molar refractivity (Wildman–Crippen MR) is 61.9 cm³/mol. The Balaban J connectivity index is 2.05. The summed E-state index contributed by atoms with van der Waals surface area (Å²) < 4.78 is 0. The van der Waals surface area contributed by atoms with Gasteiger partial charge in [0.1, 0.15) is 0 Å². The molecule has 2 heterocycles. The van der Waals surface area contributed by atoms with Crippen LogP contribution >= 0.6 is 0 Å². The van der Waals surface area contributed by atoms with Crippen LogP contribution in [0.1, 0.15) is 25.6 Å². The van der Waals surface area contributed by atoms with Gasteiger partial charge in [-0.05, 0) is 31.5 Å². The number of rotatable bonds is 3. The molecule has 1 fully saturated rings. The van der Waals surface area contributed by atoms with Crippen molar-refractivity contribution in [3.8, 4) is 0 Å². The summed E-state index contributed by atoms with van der Waals surface area (Å²) >= 11 is 0. The smallest absolute Gasteiger partial charge is 0.162 e. The van der Waals surface area contributed by atoms with Crippen molar-refractivity contribution in [3.63, 3.8) is 0 Å². The van der Waals surface area contributed by atoms with Crippen molar-refractivity contribution in [2.45, 2.75) is 25.3 Å². The van der Waals surface area contributed by atoms with E-state index >= 15 is 0 Å². The first-order valence-corrected chi connectivity index (χ1v) is 5.67. The molecule has 1 aliphatic rings. The van der Waals surface area contributed by atoms with Crippen LogP contribution < -0.4 is 5.32 Å². The predicted octanol–water partition coefficient (Wildman–Crippen LogP) is 1.62. The molecule has 16 heavy (non-hydrogen) atoms. The quantitative estimate of drug-likeness (QED) is 0.843. The van der Waals surface area contributed by atoms with Crippen LogP contribution in [0.25, 0.3) is 11.0 Å². The molecule has 0 amide bonds. The highest BCUT2D eigenvalue weighted by atomic mass is 15.1. The molecule has 82 valence electrons. The van der Waals surface area contributed by atoms with Gasteiger partial charge >= 0.3 is 0 Å². The summed E-state index contributed by atoms with van der Waals surface area (Å²) in [4.78, 5) is 13.3. The fraction of sp³-hybridized carbons (Fsp3) is 0.417. The number of nitrogens with zero attached hydrogens (tertiary/aromatic N) is 3. The van der Waals surface area contributed by atoms with E-state index in [1.807, 2.05) is 18.3 Å². The van der Waals surface area contributed by atoms with Crippen LogP contribution in [0.3, 0.4) is 0 Å². The number of nitrogens with one attached hydrogen (secondary N) is 1. The van der Waals surface area contributed by atoms with Crippen molar-refractivity contribution in [1.82, 2.24) is 20.3 Å². The van der Waals surface area contributed by atoms with Crippen molar-refractivity contribution in [2.75, 3.05) is 6.54 Å². The third-order valence-electron chi connectivity index (χ3n) is 3.05. The van der Waals surface area contributed by atoms with Crippen LogP contribution in [0.15, 0.2) is 24.5 Å². The first-order chi connectivity index (χ1) is 7.84. The highest BCUT2D eigenvalue weighted by Crippen LogP contribution is 2.43. The first-order valence-electron chi connectivity index (χ1n) is 5.67. The number of aromatic nitrogens is 3. The summed E-state index contributed by atoms with van der Waals surface area (Å²) in [5, 5.41) is 4.46. The molecule has 0 spiro atoms. The maximum atomic E-state index is 4.54. The van der Waals surface area contributed by atoms with Gasteiger partial charge in [-0.1, -0.05) is 6.92 Å². The van der Waals surface area contributed by atoms with Crippen LogP contribution in [0.2, 0.25) is 0 Å². The Morgan fingerprint density at radius 1 is 1.38 bits per heavy atom. The fourth-order valence-corrected chi connectivity index (χ4v) is 2.04. The number of hydrogen-bond acceptors (Lipinski definition) is 4. The monoisotopic (exact) mass is 214 g/mol. The van der Waals surface area contributed by atoms with Gasteiger partial charge in [-0.3, -0.25) is 0 Å². The molecular weight excluding hydrogens is 200 g/mol. The third kappa shape index (κ3) is 1.46. The van der Waals surface area contributed by atoms with Gasteiger partial charge in [-0.25, -0.2) is 15.0 Å². The lowest BCUT2D eigenvalue weighted by atomic mass is 10.2. The van der Waals surface area contributed by atoms with Gasteiger partial charge in [0.15, 0.2) is 11.5 Å². The van der Waals surface area contributed by atoms with Gasteiger partial charge in [-0.15, -0.1) is 0 Å². The van der Waals surface area contributed by atoms with Gasteiger partial charge in [-0.2, -0.15) is 0 Å². The summed E-state index contributed by atoms with van der Waals surface area (Å²) in [6.45, 7) is 3.06. The molecular formula is C12H14N4. The van der Waals surface area contributed by atoms with Gasteiger partial charge < -0.3 is 5.32 Å². The molecule has 1 aliphatic carbocycles. The summed E-state index contributed by atoms with van der Waals surface area (Å²) in [5.41, 5.74) is 0.817. The van der Waals surface area contributed by atoms with Gasteiger partial charge in [0.05, 0.1) is 5.54 Å². The molecule has 0 radical (unpaired) electrons. The zero-order chi connectivity index (χ0) is 11.0. The SMILES string of the molecule is CCNC1(c2ncc3cccnc3n2)CC1. The summed E-state index contributed by atoms with van der Waals surface area (Å²) in [6.07, 6.45) is 5.88. The van der Waals surface area contributed by atoms with Crippen molar-refractivity contribution in [2.24, 2.45) is 0 Å². The zero-order valence-corrected chi connectivity index (χ0v) is 9.27. The van der Waals surface area contributed by atoms with Crippen molar-refractivity contribution in [1.29, 1.82) is 0 Å². The zero-order valence-electron chi connectivity index (χ0n) is 9.27. The van der Waals surface area contributed by atoms with E-state index in [0.717, 1.165) is 36.2 Å². The lowest BCUT2D eigenvalue weighted by Crippen LogP contribution is -2.30. The largest absolute Gasteiger partial charge is 0.305 e. The Hall–Kier alpha value is -1.55. The minimum atomic E-state index is 0.0282. The maximum absolute atomic E-state index is 4.54. The van der Waals surface area contributed by atoms with E-state index in [1.165, 1.54) is 0 Å². The van der Waals surface area contributed by atoms with E-state index in [1.54, 1.807) is 6.20 Å². The highest BCUT2D eigenvalue weighted by molar-refractivity contribution is 5.72. The van der Waals surface area contributed by atoms with Gasteiger partial charge in [0, 0.05) is 17.8 Å². The molecule has 0 aromatic carbocycles. The standard InChI is InChI=1S/C12H14N4/c1-2-15-12(5-6-12)11-14-8-9-4-3-7-13-10(9)16-11/h3-4,7-8,15H,2,5-6H2,1H3. The highest BCUT2D eigenvalue weighted by Gasteiger charge is 2.46. The summed E-state index contributed by atoms with van der Waals surface area (Å²) in [6, 6.07) is 3.89. The molecule has 3 rings (SSSR count). The molecule has 0 aliphatic heterocycles. The van der Waals surface area contributed by atoms with Crippen LogP contribution in [0.4, 0.5) is 0 Å². The van der Waals surface area contributed by atoms with E-state index in [-0.39, 0.29) is 5.54 Å². The molecule has 4 nitrogen and oxygen atoms in total. The molecule has 1 saturated carbocycles. The second-order valence-electron chi connectivity index (χ2n) is 4.22. The fourth-order valence-electron chi connectivity index (χ4n) is 2.04. The molecule has 2 aromatic heterocycles. The number of hydrogen-bond donors (Lipinski definition) is 1. The summed E-state index contributed by atoms with van der Waals surface area (Å²) in [7, 11) is 0. The molecule has 1 N–H and O–H groups in total. The Labute approximate surface area is 94.1 Å². The molecule has 0 saturated heterocycles. The number of fused-ring (bicyclic) bond motifs is 1. The van der Waals surface area contributed by atoms with E-state index in [9.17, 15) is 0 Å². The Morgan fingerprint density at radius 3 is 3.00 bits per heavy atom. The normalized spacial score (nSPS) is 17.6. The van der Waals surface area contributed by atoms with E-state index in [4.69, 9.17) is 0 Å². The summed E-state index contributed by atoms with van der Waals surface area (Å²) in [5.74, 6) is 0.889. The average molecular weight is 214 g/mol. The van der Waals surface area contributed by atoms with Crippen molar-refractivity contribution < 1.29 is 0 Å². The molecule has 4 heteroatoms.